The van der Waals surface area contributed by atoms with Crippen LogP contribution in [-0.2, 0) is 4.79 Å². The minimum atomic E-state index is 0.182. The van der Waals surface area contributed by atoms with Gasteiger partial charge in [-0.15, -0.1) is 11.8 Å². The highest BCUT2D eigenvalue weighted by Crippen LogP contribution is 2.21. The van der Waals surface area contributed by atoms with Crippen molar-refractivity contribution in [3.05, 3.63) is 24.3 Å². The van der Waals surface area contributed by atoms with Crippen molar-refractivity contribution < 1.29 is 9.90 Å². The van der Waals surface area contributed by atoms with E-state index in [9.17, 15) is 9.90 Å². The van der Waals surface area contributed by atoms with Crippen LogP contribution in [0.3, 0.4) is 0 Å². The number of carbonyl (C=O) groups excluding carboxylic acids is 1. The molecule has 1 aliphatic heterocycles. The highest BCUT2D eigenvalue weighted by atomic mass is 32.2. The molecule has 1 aliphatic rings. The quantitative estimate of drug-likeness (QED) is 0.810. The maximum absolute atomic E-state index is 12.1. The van der Waals surface area contributed by atoms with Crippen LogP contribution in [0, 0.1) is 0 Å². The smallest absolute Gasteiger partial charge is 0.233 e. The number of phenols is 1. The molecule has 0 aromatic heterocycles. The molecule has 1 atom stereocenters. The van der Waals surface area contributed by atoms with E-state index < -0.39 is 0 Å². The Kier molecular flexibility index (Phi) is 4.49. The Morgan fingerprint density at radius 3 is 2.89 bits per heavy atom. The third-order valence-electron chi connectivity index (χ3n) is 3.02. The number of aromatic hydroxyl groups is 1. The van der Waals surface area contributed by atoms with E-state index in [4.69, 9.17) is 0 Å². The van der Waals surface area contributed by atoms with Crippen LogP contribution < -0.4 is 5.32 Å². The fraction of sp³-hybridized carbons (Fsp3) is 0.462. The minimum absolute atomic E-state index is 0.182. The van der Waals surface area contributed by atoms with Crippen LogP contribution in [-0.4, -0.2) is 47.3 Å². The van der Waals surface area contributed by atoms with Crippen LogP contribution in [0.25, 0.3) is 0 Å². The zero-order valence-electron chi connectivity index (χ0n) is 10.4. The van der Waals surface area contributed by atoms with Crippen molar-refractivity contribution in [2.75, 3.05) is 25.4 Å². The maximum Gasteiger partial charge on any atom is 0.233 e. The summed E-state index contributed by atoms with van der Waals surface area (Å²) in [7, 11) is 0. The van der Waals surface area contributed by atoms with Gasteiger partial charge in [0.1, 0.15) is 5.75 Å². The molecule has 18 heavy (non-hydrogen) atoms. The minimum Gasteiger partial charge on any atom is -0.508 e. The van der Waals surface area contributed by atoms with Gasteiger partial charge < -0.3 is 15.3 Å². The second kappa shape index (κ2) is 6.11. The summed E-state index contributed by atoms with van der Waals surface area (Å²) in [5, 5.41) is 12.5. The van der Waals surface area contributed by atoms with Crippen LogP contribution in [0.15, 0.2) is 29.2 Å². The molecule has 1 fully saturated rings. The lowest BCUT2D eigenvalue weighted by Crippen LogP contribution is -2.52. The van der Waals surface area contributed by atoms with Crippen LogP contribution in [0.4, 0.5) is 0 Å². The van der Waals surface area contributed by atoms with E-state index in [1.807, 2.05) is 17.0 Å². The van der Waals surface area contributed by atoms with Gasteiger partial charge in [-0.25, -0.2) is 0 Å². The fourth-order valence-electron chi connectivity index (χ4n) is 1.98. The molecule has 2 rings (SSSR count). The number of benzene rings is 1. The summed E-state index contributed by atoms with van der Waals surface area (Å²) >= 11 is 1.51. The number of hydrogen-bond donors (Lipinski definition) is 2. The van der Waals surface area contributed by atoms with E-state index in [-0.39, 0.29) is 17.7 Å². The highest BCUT2D eigenvalue weighted by molar-refractivity contribution is 8.00. The topological polar surface area (TPSA) is 52.6 Å². The fourth-order valence-corrected chi connectivity index (χ4v) is 2.77. The van der Waals surface area contributed by atoms with Gasteiger partial charge in [0.15, 0.2) is 0 Å². The summed E-state index contributed by atoms with van der Waals surface area (Å²) in [6.45, 7) is 4.60. The number of hydrogen-bond acceptors (Lipinski definition) is 4. The van der Waals surface area contributed by atoms with Crippen molar-refractivity contribution in [1.82, 2.24) is 10.2 Å². The van der Waals surface area contributed by atoms with Crippen molar-refractivity contribution in [2.45, 2.75) is 17.9 Å². The molecule has 4 nitrogen and oxygen atoms in total. The molecule has 1 aromatic rings. The standard InChI is InChI=1S/C13H18N2O2S/c1-10-8-14-6-7-15(10)13(17)9-18-12-4-2-11(16)3-5-12/h2-5,10,14,16H,6-9H2,1H3/t10-/m0/s1. The van der Waals surface area contributed by atoms with Crippen molar-refractivity contribution >= 4 is 17.7 Å². The van der Waals surface area contributed by atoms with E-state index >= 15 is 0 Å². The van der Waals surface area contributed by atoms with Gasteiger partial charge >= 0.3 is 0 Å². The van der Waals surface area contributed by atoms with Gasteiger partial charge in [-0.05, 0) is 31.2 Å². The molecule has 1 saturated heterocycles. The first-order chi connectivity index (χ1) is 8.66. The predicted molar refractivity (Wildman–Crippen MR) is 72.9 cm³/mol. The Balaban J connectivity index is 1.85. The zero-order valence-corrected chi connectivity index (χ0v) is 11.2. The Morgan fingerprint density at radius 1 is 1.50 bits per heavy atom. The molecular formula is C13H18N2O2S. The second-order valence-electron chi connectivity index (χ2n) is 4.42. The lowest BCUT2D eigenvalue weighted by molar-refractivity contribution is -0.131. The van der Waals surface area contributed by atoms with Gasteiger partial charge in [-0.2, -0.15) is 0 Å². The van der Waals surface area contributed by atoms with Gasteiger partial charge in [-0.3, -0.25) is 4.79 Å². The SMILES string of the molecule is C[C@H]1CNCCN1C(=O)CSc1ccc(O)cc1. The average Bonchev–Trinajstić information content (AvgIpc) is 2.38. The lowest BCUT2D eigenvalue weighted by Gasteiger charge is -2.33. The van der Waals surface area contributed by atoms with Crippen LogP contribution in [0.2, 0.25) is 0 Å². The zero-order chi connectivity index (χ0) is 13.0. The predicted octanol–water partition coefficient (Wildman–Crippen LogP) is 1.30. The van der Waals surface area contributed by atoms with Gasteiger partial charge in [0.05, 0.1) is 5.75 Å². The first-order valence-electron chi connectivity index (χ1n) is 6.09. The second-order valence-corrected chi connectivity index (χ2v) is 5.47. The highest BCUT2D eigenvalue weighted by Gasteiger charge is 2.22. The summed E-state index contributed by atoms with van der Waals surface area (Å²) in [6, 6.07) is 7.20. The van der Waals surface area contributed by atoms with Gasteiger partial charge in [0.25, 0.3) is 0 Å². The third-order valence-corrected chi connectivity index (χ3v) is 4.02. The van der Waals surface area contributed by atoms with Crippen molar-refractivity contribution in [3.8, 4) is 5.75 Å². The Bertz CT molecular complexity index is 408. The van der Waals surface area contributed by atoms with E-state index in [1.54, 1.807) is 12.1 Å². The number of phenolic OH excluding ortho intramolecular Hbond substituents is 1. The van der Waals surface area contributed by atoms with Crippen LogP contribution in [0.5, 0.6) is 5.75 Å². The molecule has 1 heterocycles. The molecule has 2 N–H and O–H groups in total. The van der Waals surface area contributed by atoms with E-state index in [0.29, 0.717) is 5.75 Å². The number of nitrogens with zero attached hydrogens (tertiary/aromatic N) is 1. The van der Waals surface area contributed by atoms with Gasteiger partial charge in [0, 0.05) is 30.6 Å². The summed E-state index contributed by atoms with van der Waals surface area (Å²) in [5.41, 5.74) is 0. The number of piperazine rings is 1. The Morgan fingerprint density at radius 2 is 2.22 bits per heavy atom. The molecular weight excluding hydrogens is 248 g/mol. The Hall–Kier alpha value is -1.20. The number of carbonyl (C=O) groups is 1. The first kappa shape index (κ1) is 13.2. The van der Waals surface area contributed by atoms with Crippen molar-refractivity contribution in [2.24, 2.45) is 0 Å². The van der Waals surface area contributed by atoms with Crippen LogP contribution >= 0.6 is 11.8 Å². The third kappa shape index (κ3) is 3.40. The molecule has 0 aliphatic carbocycles. The van der Waals surface area contributed by atoms with Gasteiger partial charge in [-0.1, -0.05) is 0 Å². The van der Waals surface area contributed by atoms with Crippen molar-refractivity contribution in [1.29, 1.82) is 0 Å². The summed E-state index contributed by atoms with van der Waals surface area (Å²) in [4.78, 5) is 15.0. The van der Waals surface area contributed by atoms with E-state index in [0.717, 1.165) is 24.5 Å². The molecule has 0 spiro atoms. The monoisotopic (exact) mass is 266 g/mol. The van der Waals surface area contributed by atoms with Gasteiger partial charge in [0.2, 0.25) is 5.91 Å². The normalized spacial score (nSPS) is 19.8. The van der Waals surface area contributed by atoms with Crippen LogP contribution in [0.1, 0.15) is 6.92 Å². The summed E-state index contributed by atoms with van der Waals surface area (Å²) in [5.74, 6) is 0.887. The largest absolute Gasteiger partial charge is 0.508 e. The maximum atomic E-state index is 12.1. The average molecular weight is 266 g/mol. The Labute approximate surface area is 111 Å². The molecule has 1 aromatic carbocycles. The molecule has 5 heteroatoms. The summed E-state index contributed by atoms with van der Waals surface area (Å²) in [6.07, 6.45) is 0. The van der Waals surface area contributed by atoms with E-state index in [2.05, 4.69) is 12.2 Å². The molecule has 1 amide bonds. The molecule has 0 bridgehead atoms. The molecule has 0 saturated carbocycles. The number of rotatable bonds is 3. The molecule has 98 valence electrons. The first-order valence-corrected chi connectivity index (χ1v) is 7.07. The van der Waals surface area contributed by atoms with E-state index in [1.165, 1.54) is 11.8 Å². The lowest BCUT2D eigenvalue weighted by atomic mass is 10.2. The molecule has 0 unspecified atom stereocenters. The number of amides is 1. The molecule has 0 radical (unpaired) electrons. The number of nitrogens with one attached hydrogen (secondary N) is 1. The van der Waals surface area contributed by atoms with Crippen molar-refractivity contribution in [3.63, 3.8) is 0 Å². The number of thioether (sulfide) groups is 1. The summed E-state index contributed by atoms with van der Waals surface area (Å²) < 4.78 is 0.